The SMILES string of the molecule is CCOC(=O)c1oc(-c2cc3c(s2)CCCC3)nc1C. The van der Waals surface area contributed by atoms with Crippen molar-refractivity contribution >= 4 is 17.3 Å². The van der Waals surface area contributed by atoms with E-state index in [9.17, 15) is 4.79 Å². The lowest BCUT2D eigenvalue weighted by atomic mass is 9.99. The summed E-state index contributed by atoms with van der Waals surface area (Å²) in [4.78, 5) is 18.6. The number of carbonyl (C=O) groups excluding carboxylic acids is 1. The van der Waals surface area contributed by atoms with Crippen LogP contribution in [0.3, 0.4) is 0 Å². The fourth-order valence-corrected chi connectivity index (χ4v) is 3.66. The molecule has 20 heavy (non-hydrogen) atoms. The minimum atomic E-state index is -0.440. The average molecular weight is 291 g/mol. The summed E-state index contributed by atoms with van der Waals surface area (Å²) in [5.74, 6) is 0.309. The number of esters is 1. The van der Waals surface area contributed by atoms with Crippen molar-refractivity contribution in [1.29, 1.82) is 0 Å². The van der Waals surface area contributed by atoms with Crippen LogP contribution < -0.4 is 0 Å². The second-order valence-corrected chi connectivity index (χ2v) is 6.06. The van der Waals surface area contributed by atoms with Gasteiger partial charge in [0.25, 0.3) is 0 Å². The molecule has 2 aromatic heterocycles. The van der Waals surface area contributed by atoms with Crippen molar-refractivity contribution in [3.8, 4) is 10.8 Å². The van der Waals surface area contributed by atoms with E-state index in [0.29, 0.717) is 18.2 Å². The highest BCUT2D eigenvalue weighted by molar-refractivity contribution is 7.15. The Kier molecular flexibility index (Phi) is 3.61. The van der Waals surface area contributed by atoms with Gasteiger partial charge in [-0.1, -0.05) is 0 Å². The summed E-state index contributed by atoms with van der Waals surface area (Å²) in [5, 5.41) is 0. The van der Waals surface area contributed by atoms with Gasteiger partial charge in [0.1, 0.15) is 0 Å². The van der Waals surface area contributed by atoms with Crippen LogP contribution in [-0.2, 0) is 17.6 Å². The predicted molar refractivity (Wildman–Crippen MR) is 77.2 cm³/mol. The van der Waals surface area contributed by atoms with Crippen molar-refractivity contribution in [2.75, 3.05) is 6.61 Å². The van der Waals surface area contributed by atoms with E-state index in [2.05, 4.69) is 11.1 Å². The van der Waals surface area contributed by atoms with Gasteiger partial charge in [-0.3, -0.25) is 0 Å². The predicted octanol–water partition coefficient (Wildman–Crippen LogP) is 3.77. The molecule has 0 atom stereocenters. The summed E-state index contributed by atoms with van der Waals surface area (Å²) in [6.07, 6.45) is 4.79. The lowest BCUT2D eigenvalue weighted by molar-refractivity contribution is 0.0490. The maximum absolute atomic E-state index is 11.8. The van der Waals surface area contributed by atoms with Gasteiger partial charge in [-0.25, -0.2) is 9.78 Å². The molecule has 4 nitrogen and oxygen atoms in total. The van der Waals surface area contributed by atoms with Crippen molar-refractivity contribution < 1.29 is 13.9 Å². The number of aromatic nitrogens is 1. The van der Waals surface area contributed by atoms with E-state index in [-0.39, 0.29) is 5.76 Å². The minimum absolute atomic E-state index is 0.216. The van der Waals surface area contributed by atoms with Crippen molar-refractivity contribution in [3.05, 3.63) is 28.0 Å². The molecule has 1 aliphatic carbocycles. The molecule has 0 unspecified atom stereocenters. The highest BCUT2D eigenvalue weighted by atomic mass is 32.1. The van der Waals surface area contributed by atoms with Crippen LogP contribution in [0.5, 0.6) is 0 Å². The number of nitrogens with zero attached hydrogens (tertiary/aromatic N) is 1. The van der Waals surface area contributed by atoms with E-state index in [1.807, 2.05) is 0 Å². The second-order valence-electron chi connectivity index (χ2n) is 4.92. The van der Waals surface area contributed by atoms with E-state index < -0.39 is 5.97 Å². The van der Waals surface area contributed by atoms with Crippen molar-refractivity contribution in [1.82, 2.24) is 4.98 Å². The Morgan fingerprint density at radius 3 is 3.00 bits per heavy atom. The Morgan fingerprint density at radius 1 is 1.45 bits per heavy atom. The first kappa shape index (κ1) is 13.4. The molecule has 1 aliphatic rings. The summed E-state index contributed by atoms with van der Waals surface area (Å²) in [7, 11) is 0. The van der Waals surface area contributed by atoms with Crippen molar-refractivity contribution in [3.63, 3.8) is 0 Å². The summed E-state index contributed by atoms with van der Waals surface area (Å²) in [6.45, 7) is 3.88. The molecule has 0 aliphatic heterocycles. The van der Waals surface area contributed by atoms with E-state index in [1.54, 1.807) is 25.2 Å². The lowest BCUT2D eigenvalue weighted by Gasteiger charge is -2.08. The topological polar surface area (TPSA) is 52.3 Å². The maximum atomic E-state index is 11.8. The zero-order valence-electron chi connectivity index (χ0n) is 11.7. The first-order valence-corrected chi connectivity index (χ1v) is 7.77. The van der Waals surface area contributed by atoms with Crippen LogP contribution in [0.25, 0.3) is 10.8 Å². The molecule has 0 spiro atoms. The van der Waals surface area contributed by atoms with Crippen LogP contribution in [0.4, 0.5) is 0 Å². The van der Waals surface area contributed by atoms with Gasteiger partial charge in [-0.2, -0.15) is 0 Å². The molecular weight excluding hydrogens is 274 g/mol. The number of oxazole rings is 1. The molecule has 0 N–H and O–H groups in total. The zero-order chi connectivity index (χ0) is 14.1. The number of thiophene rings is 1. The summed E-state index contributed by atoms with van der Waals surface area (Å²) >= 11 is 1.73. The molecule has 106 valence electrons. The van der Waals surface area contributed by atoms with Gasteiger partial charge in [-0.05, 0) is 51.2 Å². The summed E-state index contributed by atoms with van der Waals surface area (Å²) in [5.41, 5.74) is 2.00. The number of fused-ring (bicyclic) bond motifs is 1. The second kappa shape index (κ2) is 5.40. The van der Waals surface area contributed by atoms with Gasteiger partial charge in [0.2, 0.25) is 11.7 Å². The molecule has 0 aromatic carbocycles. The first-order valence-electron chi connectivity index (χ1n) is 6.95. The fraction of sp³-hybridized carbons (Fsp3) is 0.467. The molecule has 0 saturated carbocycles. The van der Waals surface area contributed by atoms with Crippen LogP contribution in [0.2, 0.25) is 0 Å². The van der Waals surface area contributed by atoms with Crippen molar-refractivity contribution in [2.24, 2.45) is 0 Å². The fourth-order valence-electron chi connectivity index (χ4n) is 2.48. The van der Waals surface area contributed by atoms with Crippen LogP contribution in [0, 0.1) is 6.92 Å². The highest BCUT2D eigenvalue weighted by Crippen LogP contribution is 2.36. The van der Waals surface area contributed by atoms with E-state index in [4.69, 9.17) is 9.15 Å². The molecule has 0 saturated heterocycles. The zero-order valence-corrected chi connectivity index (χ0v) is 12.5. The number of carbonyl (C=O) groups is 1. The Balaban J connectivity index is 1.92. The molecule has 3 rings (SSSR count). The minimum Gasteiger partial charge on any atom is -0.460 e. The standard InChI is InChI=1S/C15H17NO3S/c1-3-18-15(17)13-9(2)16-14(19-13)12-8-10-6-4-5-7-11(10)20-12/h8H,3-7H2,1-2H3. The van der Waals surface area contributed by atoms with Gasteiger partial charge < -0.3 is 9.15 Å². The van der Waals surface area contributed by atoms with Crippen molar-refractivity contribution in [2.45, 2.75) is 39.5 Å². The number of aryl methyl sites for hydroxylation is 3. The van der Waals surface area contributed by atoms with Crippen LogP contribution >= 0.6 is 11.3 Å². The maximum Gasteiger partial charge on any atom is 0.376 e. The normalized spacial score (nSPS) is 14.1. The highest BCUT2D eigenvalue weighted by Gasteiger charge is 2.22. The Labute approximate surface area is 121 Å². The molecule has 2 heterocycles. The average Bonchev–Trinajstić information content (AvgIpc) is 3.02. The third kappa shape index (κ3) is 2.38. The lowest BCUT2D eigenvalue weighted by Crippen LogP contribution is -2.04. The van der Waals surface area contributed by atoms with Gasteiger partial charge >= 0.3 is 5.97 Å². The number of ether oxygens (including phenoxy) is 1. The van der Waals surface area contributed by atoms with Gasteiger partial charge in [0, 0.05) is 4.88 Å². The molecule has 0 radical (unpaired) electrons. The van der Waals surface area contributed by atoms with E-state index in [1.165, 1.54) is 23.3 Å². The quantitative estimate of drug-likeness (QED) is 0.808. The van der Waals surface area contributed by atoms with Gasteiger partial charge in [-0.15, -0.1) is 11.3 Å². The summed E-state index contributed by atoms with van der Waals surface area (Å²) < 4.78 is 10.6. The first-order chi connectivity index (χ1) is 9.69. The molecule has 0 fully saturated rings. The third-order valence-corrected chi connectivity index (χ3v) is 4.69. The smallest absolute Gasteiger partial charge is 0.376 e. The number of hydrogen-bond acceptors (Lipinski definition) is 5. The largest absolute Gasteiger partial charge is 0.460 e. The van der Waals surface area contributed by atoms with Gasteiger partial charge in [0.05, 0.1) is 17.2 Å². The monoisotopic (exact) mass is 291 g/mol. The van der Waals surface area contributed by atoms with Crippen LogP contribution in [0.1, 0.15) is 46.5 Å². The molecule has 2 aromatic rings. The van der Waals surface area contributed by atoms with E-state index >= 15 is 0 Å². The summed E-state index contributed by atoms with van der Waals surface area (Å²) in [6, 6.07) is 2.15. The van der Waals surface area contributed by atoms with Crippen LogP contribution in [-0.4, -0.2) is 17.6 Å². The molecule has 0 amide bonds. The van der Waals surface area contributed by atoms with Crippen LogP contribution in [0.15, 0.2) is 10.5 Å². The molecular formula is C15H17NO3S. The number of hydrogen-bond donors (Lipinski definition) is 0. The van der Waals surface area contributed by atoms with E-state index in [0.717, 1.165) is 17.7 Å². The van der Waals surface area contributed by atoms with Gasteiger partial charge in [0.15, 0.2) is 0 Å². The Bertz CT molecular complexity index is 618. The molecule has 5 heteroatoms. The third-order valence-electron chi connectivity index (χ3n) is 3.46. The Morgan fingerprint density at radius 2 is 2.25 bits per heavy atom. The number of rotatable bonds is 3. The molecule has 0 bridgehead atoms. The Hall–Kier alpha value is -1.62.